The highest BCUT2D eigenvalue weighted by molar-refractivity contribution is 6.75. The van der Waals surface area contributed by atoms with Crippen molar-refractivity contribution in [2.24, 2.45) is 5.92 Å². The summed E-state index contributed by atoms with van der Waals surface area (Å²) in [5.74, 6) is -0.0290. The molecule has 1 aliphatic rings. The fraction of sp³-hybridized carbons (Fsp3) is 1.00. The maximum absolute atomic E-state index is 11.4. The SMILES string of the molecule is C[C@H]1[C@@H](O)[C@H](O[Si](C)(C)C(C)(C)C)[C@@H](O[Si](C)(C)C(C)(C)C)[C@@H]1O[Si](C)(C)C(C)(C)C. The Morgan fingerprint density at radius 2 is 0.774 bits per heavy atom. The van der Waals surface area contributed by atoms with Crippen molar-refractivity contribution >= 4 is 25.0 Å². The molecule has 0 heterocycles. The topological polar surface area (TPSA) is 47.9 Å². The van der Waals surface area contributed by atoms with E-state index in [9.17, 15) is 5.11 Å². The van der Waals surface area contributed by atoms with Gasteiger partial charge in [-0.3, -0.25) is 0 Å². The van der Waals surface area contributed by atoms with E-state index in [4.69, 9.17) is 13.3 Å². The Kier molecular flexibility index (Phi) is 8.51. The summed E-state index contributed by atoms with van der Waals surface area (Å²) in [6, 6.07) is 0. The standard InChI is InChI=1S/C24H54O4Si3/c1-17-18(25)20(27-30(13,14)23(5,6)7)21(28-31(15,16)24(8,9)10)19(17)26-29(11,12)22(2,3)4/h17-21,25H,1-16H3/t17-,18+,19+,20-,21-/m0/s1. The number of rotatable bonds is 6. The van der Waals surface area contributed by atoms with Crippen LogP contribution in [0.1, 0.15) is 69.2 Å². The van der Waals surface area contributed by atoms with Gasteiger partial charge in [0.15, 0.2) is 25.0 Å². The van der Waals surface area contributed by atoms with Gasteiger partial charge in [0, 0.05) is 5.92 Å². The van der Waals surface area contributed by atoms with E-state index >= 15 is 0 Å². The lowest BCUT2D eigenvalue weighted by Crippen LogP contribution is -2.56. The van der Waals surface area contributed by atoms with Gasteiger partial charge in [-0.25, -0.2) is 0 Å². The van der Waals surface area contributed by atoms with Crippen molar-refractivity contribution in [3.63, 3.8) is 0 Å². The molecule has 186 valence electrons. The molecule has 1 N–H and O–H groups in total. The molecule has 4 nitrogen and oxygen atoms in total. The van der Waals surface area contributed by atoms with Crippen molar-refractivity contribution in [2.75, 3.05) is 0 Å². The molecule has 7 heteroatoms. The van der Waals surface area contributed by atoms with Crippen LogP contribution in [0.4, 0.5) is 0 Å². The van der Waals surface area contributed by atoms with Gasteiger partial charge in [0.05, 0.1) is 24.4 Å². The van der Waals surface area contributed by atoms with Crippen LogP contribution >= 0.6 is 0 Å². The minimum absolute atomic E-state index is 0.0290. The van der Waals surface area contributed by atoms with Gasteiger partial charge in [-0.05, 0) is 54.4 Å². The number of hydrogen-bond donors (Lipinski definition) is 1. The van der Waals surface area contributed by atoms with E-state index in [1.165, 1.54) is 0 Å². The molecule has 0 aromatic heterocycles. The van der Waals surface area contributed by atoms with Gasteiger partial charge in [-0.1, -0.05) is 69.2 Å². The molecule has 0 radical (unpaired) electrons. The van der Waals surface area contributed by atoms with Gasteiger partial charge >= 0.3 is 0 Å². The average Bonchev–Trinajstić information content (AvgIpc) is 2.69. The maximum atomic E-state index is 11.4. The van der Waals surface area contributed by atoms with Gasteiger partial charge in [0.1, 0.15) is 0 Å². The van der Waals surface area contributed by atoms with E-state index in [1.807, 2.05) is 0 Å². The van der Waals surface area contributed by atoms with Crippen LogP contribution in [0.2, 0.25) is 54.4 Å². The molecule has 1 saturated carbocycles. The highest BCUT2D eigenvalue weighted by Gasteiger charge is 2.57. The third-order valence-electron chi connectivity index (χ3n) is 8.75. The summed E-state index contributed by atoms with van der Waals surface area (Å²) in [5.41, 5.74) is 0. The van der Waals surface area contributed by atoms with Crippen molar-refractivity contribution in [1.82, 2.24) is 0 Å². The molecule has 0 aliphatic heterocycles. The van der Waals surface area contributed by atoms with E-state index < -0.39 is 31.1 Å². The zero-order chi connectivity index (χ0) is 25.0. The lowest BCUT2D eigenvalue weighted by atomic mass is 10.1. The van der Waals surface area contributed by atoms with E-state index in [-0.39, 0.29) is 39.3 Å². The molecule has 0 amide bonds. The normalized spacial score (nSPS) is 29.5. The molecular formula is C24H54O4Si3. The van der Waals surface area contributed by atoms with Crippen LogP contribution < -0.4 is 0 Å². The fourth-order valence-electron chi connectivity index (χ4n) is 3.17. The fourth-order valence-corrected chi connectivity index (χ4v) is 7.16. The third kappa shape index (κ3) is 6.34. The van der Waals surface area contributed by atoms with Crippen molar-refractivity contribution in [3.05, 3.63) is 0 Å². The molecule has 0 aromatic rings. The Morgan fingerprint density at radius 1 is 0.516 bits per heavy atom. The molecule has 0 unspecified atom stereocenters. The van der Waals surface area contributed by atoms with E-state index in [0.717, 1.165) is 0 Å². The molecule has 31 heavy (non-hydrogen) atoms. The summed E-state index contributed by atoms with van der Waals surface area (Å²) < 4.78 is 20.8. The third-order valence-corrected chi connectivity index (χ3v) is 22.2. The predicted octanol–water partition coefficient (Wildman–Crippen LogP) is 7.17. The zero-order valence-corrected chi connectivity index (χ0v) is 26.6. The highest BCUT2D eigenvalue weighted by atomic mass is 28.4. The number of aliphatic hydroxyl groups is 1. The first-order valence-electron chi connectivity index (χ1n) is 12.1. The summed E-state index contributed by atoms with van der Waals surface area (Å²) in [7, 11) is -6.24. The molecule has 1 aliphatic carbocycles. The Labute approximate surface area is 197 Å². The van der Waals surface area contributed by atoms with Crippen molar-refractivity contribution in [2.45, 2.75) is 148 Å². The summed E-state index contributed by atoms with van der Waals surface area (Å²) in [5, 5.41) is 11.6. The number of hydrogen-bond acceptors (Lipinski definition) is 4. The average molecular weight is 491 g/mol. The Bertz CT molecular complexity index is 572. The maximum Gasteiger partial charge on any atom is 0.192 e. The molecule has 5 atom stereocenters. The van der Waals surface area contributed by atoms with Gasteiger partial charge in [0.25, 0.3) is 0 Å². The Morgan fingerprint density at radius 3 is 1.06 bits per heavy atom. The summed E-state index contributed by atoms with van der Waals surface area (Å²) >= 11 is 0. The summed E-state index contributed by atoms with van der Waals surface area (Å²) in [6.07, 6.45) is -1.33. The van der Waals surface area contributed by atoms with Crippen molar-refractivity contribution < 1.29 is 18.4 Å². The summed E-state index contributed by atoms with van der Waals surface area (Å²) in [4.78, 5) is 0. The van der Waals surface area contributed by atoms with Gasteiger partial charge in [-0.15, -0.1) is 0 Å². The minimum atomic E-state index is -2.10. The van der Waals surface area contributed by atoms with Gasteiger partial charge < -0.3 is 18.4 Å². The second-order valence-corrected chi connectivity index (χ2v) is 28.6. The zero-order valence-electron chi connectivity index (χ0n) is 23.6. The minimum Gasteiger partial charge on any atom is -0.411 e. The Balaban J connectivity index is 3.45. The van der Waals surface area contributed by atoms with E-state index in [2.05, 4.69) is 109 Å². The van der Waals surface area contributed by atoms with Crippen molar-refractivity contribution in [3.8, 4) is 0 Å². The van der Waals surface area contributed by atoms with Crippen LogP contribution in [0, 0.1) is 5.92 Å². The van der Waals surface area contributed by atoms with Crippen molar-refractivity contribution in [1.29, 1.82) is 0 Å². The van der Waals surface area contributed by atoms with Gasteiger partial charge in [-0.2, -0.15) is 0 Å². The van der Waals surface area contributed by atoms with E-state index in [1.54, 1.807) is 0 Å². The molecule has 0 bridgehead atoms. The van der Waals surface area contributed by atoms with Crippen LogP contribution in [-0.2, 0) is 13.3 Å². The highest BCUT2D eigenvalue weighted by Crippen LogP contribution is 2.47. The molecule has 0 aromatic carbocycles. The van der Waals surface area contributed by atoms with Crippen LogP contribution in [0.5, 0.6) is 0 Å². The quantitative estimate of drug-likeness (QED) is 0.401. The number of aliphatic hydroxyl groups excluding tert-OH is 1. The van der Waals surface area contributed by atoms with Crippen LogP contribution in [-0.4, -0.2) is 54.5 Å². The molecule has 0 spiro atoms. The molecular weight excluding hydrogens is 437 g/mol. The lowest BCUT2D eigenvalue weighted by molar-refractivity contribution is -0.0250. The second kappa shape index (κ2) is 8.93. The first-order chi connectivity index (χ1) is 13.4. The first-order valence-corrected chi connectivity index (χ1v) is 20.8. The van der Waals surface area contributed by atoms with Gasteiger partial charge in [0.2, 0.25) is 0 Å². The molecule has 1 rings (SSSR count). The monoisotopic (exact) mass is 490 g/mol. The van der Waals surface area contributed by atoms with Crippen LogP contribution in [0.3, 0.4) is 0 Å². The summed E-state index contributed by atoms with van der Waals surface area (Å²) in [6.45, 7) is 36.1. The Hall–Kier alpha value is 0.491. The molecule has 1 fully saturated rings. The lowest BCUT2D eigenvalue weighted by Gasteiger charge is -2.46. The largest absolute Gasteiger partial charge is 0.411 e. The van der Waals surface area contributed by atoms with Crippen LogP contribution in [0.15, 0.2) is 0 Å². The predicted molar refractivity (Wildman–Crippen MR) is 141 cm³/mol. The van der Waals surface area contributed by atoms with E-state index in [0.29, 0.717) is 0 Å². The smallest absolute Gasteiger partial charge is 0.192 e. The first kappa shape index (κ1) is 29.5. The second-order valence-electron chi connectivity index (χ2n) is 14.4. The van der Waals surface area contributed by atoms with Crippen LogP contribution in [0.25, 0.3) is 0 Å². The molecule has 0 saturated heterocycles.